The van der Waals surface area contributed by atoms with Gasteiger partial charge >= 0.3 is 0 Å². The third-order valence-electron chi connectivity index (χ3n) is 3.96. The fourth-order valence-electron chi connectivity index (χ4n) is 2.67. The predicted molar refractivity (Wildman–Crippen MR) is 78.3 cm³/mol. The molecule has 1 aromatic heterocycles. The van der Waals surface area contributed by atoms with E-state index in [1.54, 1.807) is 0 Å². The molecule has 1 aliphatic heterocycles. The highest BCUT2D eigenvalue weighted by atomic mass is 15.3. The maximum atomic E-state index is 4.54. The van der Waals surface area contributed by atoms with Crippen LogP contribution in [-0.2, 0) is 6.54 Å². The lowest BCUT2D eigenvalue weighted by molar-refractivity contribution is 0.0541. The lowest BCUT2D eigenvalue weighted by Crippen LogP contribution is -2.54. The van der Waals surface area contributed by atoms with E-state index < -0.39 is 0 Å². The van der Waals surface area contributed by atoms with Gasteiger partial charge in [-0.05, 0) is 27.8 Å². The highest BCUT2D eigenvalue weighted by Gasteiger charge is 2.26. The molecule has 2 atom stereocenters. The Hall–Kier alpha value is -1.20. The molecule has 2 heterocycles. The molecule has 1 aliphatic rings. The van der Waals surface area contributed by atoms with Crippen LogP contribution < -0.4 is 5.32 Å². The molecule has 0 radical (unpaired) electrons. The average Bonchev–Trinajstić information content (AvgIpc) is 2.35. The molecule has 2 unspecified atom stereocenters. The number of nitrogens with one attached hydrogen (secondary N) is 1. The SMILES string of the molecule is CNc1cc(C)nc(CN2CC(C)N(C)C(C)C2)n1. The maximum absolute atomic E-state index is 4.54. The Morgan fingerprint density at radius 3 is 2.47 bits per heavy atom. The van der Waals surface area contributed by atoms with Gasteiger partial charge in [0.2, 0.25) is 0 Å². The van der Waals surface area contributed by atoms with E-state index in [0.29, 0.717) is 12.1 Å². The largest absolute Gasteiger partial charge is 0.373 e. The van der Waals surface area contributed by atoms with Crippen LogP contribution in [-0.4, -0.2) is 59.0 Å². The lowest BCUT2D eigenvalue weighted by Gasteiger charge is -2.42. The summed E-state index contributed by atoms with van der Waals surface area (Å²) in [5, 5.41) is 3.09. The van der Waals surface area contributed by atoms with E-state index in [9.17, 15) is 0 Å². The zero-order chi connectivity index (χ0) is 14.0. The third-order valence-corrected chi connectivity index (χ3v) is 3.96. The monoisotopic (exact) mass is 263 g/mol. The van der Waals surface area contributed by atoms with Crippen molar-refractivity contribution in [2.75, 3.05) is 32.5 Å². The number of likely N-dealkylation sites (N-methyl/N-ethyl adjacent to an activating group) is 1. The summed E-state index contributed by atoms with van der Waals surface area (Å²) >= 11 is 0. The van der Waals surface area contributed by atoms with Crippen LogP contribution >= 0.6 is 0 Å². The Morgan fingerprint density at radius 1 is 1.26 bits per heavy atom. The van der Waals surface area contributed by atoms with E-state index in [-0.39, 0.29) is 0 Å². The summed E-state index contributed by atoms with van der Waals surface area (Å²) in [6, 6.07) is 3.13. The van der Waals surface area contributed by atoms with Gasteiger partial charge in [-0.15, -0.1) is 0 Å². The number of aryl methyl sites for hydroxylation is 1. The Balaban J connectivity index is 2.07. The summed E-state index contributed by atoms with van der Waals surface area (Å²) in [7, 11) is 4.10. The van der Waals surface area contributed by atoms with Crippen LogP contribution in [0.5, 0.6) is 0 Å². The zero-order valence-corrected chi connectivity index (χ0v) is 12.6. The van der Waals surface area contributed by atoms with Crippen molar-refractivity contribution in [3.8, 4) is 0 Å². The van der Waals surface area contributed by atoms with Gasteiger partial charge in [0.25, 0.3) is 0 Å². The number of nitrogens with zero attached hydrogens (tertiary/aromatic N) is 4. The molecule has 1 N–H and O–H groups in total. The van der Waals surface area contributed by atoms with Crippen LogP contribution in [0.15, 0.2) is 6.07 Å². The molecule has 1 saturated heterocycles. The highest BCUT2D eigenvalue weighted by Crippen LogP contribution is 2.15. The second-order valence-corrected chi connectivity index (χ2v) is 5.62. The van der Waals surface area contributed by atoms with E-state index in [1.807, 2.05) is 20.0 Å². The standard InChI is InChI=1S/C14H25N5/c1-10-6-13(15-4)17-14(16-10)9-19-7-11(2)18(5)12(3)8-19/h6,11-12H,7-9H2,1-5H3,(H,15,16,17). The van der Waals surface area contributed by atoms with E-state index >= 15 is 0 Å². The predicted octanol–water partition coefficient (Wildman–Crippen LogP) is 1.35. The van der Waals surface area contributed by atoms with Gasteiger partial charge in [-0.3, -0.25) is 9.80 Å². The smallest absolute Gasteiger partial charge is 0.144 e. The van der Waals surface area contributed by atoms with Crippen molar-refractivity contribution in [2.24, 2.45) is 0 Å². The van der Waals surface area contributed by atoms with E-state index in [2.05, 4.69) is 46.0 Å². The van der Waals surface area contributed by atoms with Crippen LogP contribution in [0, 0.1) is 6.92 Å². The summed E-state index contributed by atoms with van der Waals surface area (Å²) < 4.78 is 0. The summed E-state index contributed by atoms with van der Waals surface area (Å²) in [6.45, 7) is 9.55. The van der Waals surface area contributed by atoms with Gasteiger partial charge in [0, 0.05) is 44.0 Å². The highest BCUT2D eigenvalue weighted by molar-refractivity contribution is 5.34. The summed E-state index contributed by atoms with van der Waals surface area (Å²) in [5.41, 5.74) is 1.02. The van der Waals surface area contributed by atoms with Gasteiger partial charge in [-0.2, -0.15) is 0 Å². The number of aromatic nitrogens is 2. The zero-order valence-electron chi connectivity index (χ0n) is 12.6. The molecule has 2 rings (SSSR count). The fraction of sp³-hybridized carbons (Fsp3) is 0.714. The molecule has 5 heteroatoms. The molecule has 0 aromatic carbocycles. The van der Waals surface area contributed by atoms with Crippen molar-refractivity contribution >= 4 is 5.82 Å². The van der Waals surface area contributed by atoms with Crippen LogP contribution in [0.25, 0.3) is 0 Å². The molecule has 106 valence electrons. The number of hydrogen-bond acceptors (Lipinski definition) is 5. The molecule has 1 fully saturated rings. The van der Waals surface area contributed by atoms with Crippen LogP contribution in [0.1, 0.15) is 25.4 Å². The topological polar surface area (TPSA) is 44.3 Å². The first kappa shape index (κ1) is 14.2. The number of piperazine rings is 1. The minimum absolute atomic E-state index is 0.581. The normalized spacial score (nSPS) is 25.5. The fourth-order valence-corrected chi connectivity index (χ4v) is 2.67. The second kappa shape index (κ2) is 5.84. The number of rotatable bonds is 3. The van der Waals surface area contributed by atoms with Gasteiger partial charge in [0.05, 0.1) is 6.54 Å². The summed E-state index contributed by atoms with van der Waals surface area (Å²) in [6.07, 6.45) is 0. The van der Waals surface area contributed by atoms with E-state index in [4.69, 9.17) is 0 Å². The third kappa shape index (κ3) is 3.42. The summed E-state index contributed by atoms with van der Waals surface area (Å²) in [5.74, 6) is 1.81. The molecule has 0 amide bonds. The first-order chi connectivity index (χ1) is 8.99. The Morgan fingerprint density at radius 2 is 1.89 bits per heavy atom. The van der Waals surface area contributed by atoms with Crippen molar-refractivity contribution < 1.29 is 0 Å². The molecular weight excluding hydrogens is 238 g/mol. The van der Waals surface area contributed by atoms with Gasteiger partial charge in [-0.25, -0.2) is 9.97 Å². The van der Waals surface area contributed by atoms with Gasteiger partial charge < -0.3 is 5.32 Å². The first-order valence-electron chi connectivity index (χ1n) is 6.96. The van der Waals surface area contributed by atoms with Crippen molar-refractivity contribution in [1.82, 2.24) is 19.8 Å². The van der Waals surface area contributed by atoms with E-state index in [0.717, 1.165) is 37.0 Å². The number of hydrogen-bond donors (Lipinski definition) is 1. The average molecular weight is 263 g/mol. The number of anilines is 1. The van der Waals surface area contributed by atoms with Crippen molar-refractivity contribution in [2.45, 2.75) is 39.4 Å². The van der Waals surface area contributed by atoms with Crippen LogP contribution in [0.4, 0.5) is 5.82 Å². The Kier molecular flexibility index (Phi) is 4.37. The van der Waals surface area contributed by atoms with Crippen LogP contribution in [0.2, 0.25) is 0 Å². The Labute approximate surface area is 116 Å². The molecule has 5 nitrogen and oxygen atoms in total. The quantitative estimate of drug-likeness (QED) is 0.892. The molecule has 19 heavy (non-hydrogen) atoms. The van der Waals surface area contributed by atoms with Crippen molar-refractivity contribution in [3.05, 3.63) is 17.6 Å². The lowest BCUT2D eigenvalue weighted by atomic mass is 10.1. The molecule has 0 bridgehead atoms. The Bertz CT molecular complexity index is 422. The van der Waals surface area contributed by atoms with Gasteiger partial charge in [-0.1, -0.05) is 0 Å². The molecule has 1 aromatic rings. The molecule has 0 saturated carbocycles. The van der Waals surface area contributed by atoms with Gasteiger partial charge in [0.15, 0.2) is 0 Å². The molecule has 0 aliphatic carbocycles. The maximum Gasteiger partial charge on any atom is 0.144 e. The minimum Gasteiger partial charge on any atom is -0.373 e. The first-order valence-corrected chi connectivity index (χ1v) is 6.96. The van der Waals surface area contributed by atoms with E-state index in [1.165, 1.54) is 0 Å². The molecule has 0 spiro atoms. The second-order valence-electron chi connectivity index (χ2n) is 5.62. The van der Waals surface area contributed by atoms with Crippen molar-refractivity contribution in [3.63, 3.8) is 0 Å². The van der Waals surface area contributed by atoms with Crippen molar-refractivity contribution in [1.29, 1.82) is 0 Å². The minimum atomic E-state index is 0.581. The molecular formula is C14H25N5. The van der Waals surface area contributed by atoms with Crippen LogP contribution in [0.3, 0.4) is 0 Å². The van der Waals surface area contributed by atoms with Gasteiger partial charge in [0.1, 0.15) is 11.6 Å². The summed E-state index contributed by atoms with van der Waals surface area (Å²) in [4.78, 5) is 14.0.